The van der Waals surface area contributed by atoms with E-state index in [2.05, 4.69) is 34.7 Å². The van der Waals surface area contributed by atoms with Gasteiger partial charge in [0.05, 0.1) is 20.3 Å². The van der Waals surface area contributed by atoms with E-state index in [-0.39, 0.29) is 6.04 Å². The van der Waals surface area contributed by atoms with Crippen LogP contribution in [0.4, 0.5) is 0 Å². The summed E-state index contributed by atoms with van der Waals surface area (Å²) in [6, 6.07) is 16.3. The number of benzene rings is 2. The standard InChI is InChI=1S/C19H25N3O2/c1-14(15-9-6-5-7-10-15)22-19(20-2)21-13-16-11-8-12-17(23-3)18(16)24-4/h5-12,14H,13H2,1-4H3,(H2,20,21,22). The molecule has 2 aromatic carbocycles. The Morgan fingerprint density at radius 3 is 2.42 bits per heavy atom. The lowest BCUT2D eigenvalue weighted by Crippen LogP contribution is -2.38. The first-order valence-electron chi connectivity index (χ1n) is 7.91. The molecule has 0 aliphatic heterocycles. The monoisotopic (exact) mass is 327 g/mol. The van der Waals surface area contributed by atoms with E-state index in [1.165, 1.54) is 5.56 Å². The van der Waals surface area contributed by atoms with Gasteiger partial charge in [-0.05, 0) is 18.6 Å². The maximum atomic E-state index is 5.46. The number of hydrogen-bond acceptors (Lipinski definition) is 3. The van der Waals surface area contributed by atoms with Crippen LogP contribution in [0.3, 0.4) is 0 Å². The van der Waals surface area contributed by atoms with Gasteiger partial charge in [-0.15, -0.1) is 0 Å². The fourth-order valence-corrected chi connectivity index (χ4v) is 2.50. The Labute approximate surface area is 143 Å². The fourth-order valence-electron chi connectivity index (χ4n) is 2.50. The highest BCUT2D eigenvalue weighted by molar-refractivity contribution is 5.80. The van der Waals surface area contributed by atoms with E-state index in [1.54, 1.807) is 21.3 Å². The van der Waals surface area contributed by atoms with Crippen LogP contribution in [0.25, 0.3) is 0 Å². The van der Waals surface area contributed by atoms with Gasteiger partial charge in [0.15, 0.2) is 17.5 Å². The third kappa shape index (κ3) is 4.41. The van der Waals surface area contributed by atoms with Gasteiger partial charge in [-0.2, -0.15) is 0 Å². The largest absolute Gasteiger partial charge is 0.493 e. The highest BCUT2D eigenvalue weighted by Gasteiger charge is 2.11. The lowest BCUT2D eigenvalue weighted by Gasteiger charge is -2.19. The van der Waals surface area contributed by atoms with Crippen molar-refractivity contribution in [3.8, 4) is 11.5 Å². The van der Waals surface area contributed by atoms with Gasteiger partial charge in [0.1, 0.15) is 0 Å². The smallest absolute Gasteiger partial charge is 0.191 e. The Morgan fingerprint density at radius 2 is 1.79 bits per heavy atom. The van der Waals surface area contributed by atoms with E-state index in [0.717, 1.165) is 23.0 Å². The summed E-state index contributed by atoms with van der Waals surface area (Å²) in [4.78, 5) is 4.29. The molecule has 1 atom stereocenters. The molecule has 0 amide bonds. The van der Waals surface area contributed by atoms with Crippen molar-refractivity contribution in [3.63, 3.8) is 0 Å². The number of methoxy groups -OCH3 is 2. The van der Waals surface area contributed by atoms with Gasteiger partial charge in [-0.3, -0.25) is 4.99 Å². The molecule has 0 saturated carbocycles. The number of hydrogen-bond donors (Lipinski definition) is 2. The van der Waals surface area contributed by atoms with E-state index in [9.17, 15) is 0 Å². The average Bonchev–Trinajstić information content (AvgIpc) is 2.65. The van der Waals surface area contributed by atoms with Gasteiger partial charge in [0.25, 0.3) is 0 Å². The molecule has 0 aliphatic rings. The number of para-hydroxylation sites is 1. The van der Waals surface area contributed by atoms with Gasteiger partial charge in [0.2, 0.25) is 0 Å². The number of rotatable bonds is 6. The summed E-state index contributed by atoms with van der Waals surface area (Å²) >= 11 is 0. The van der Waals surface area contributed by atoms with E-state index in [1.807, 2.05) is 36.4 Å². The molecule has 1 unspecified atom stereocenters. The van der Waals surface area contributed by atoms with Gasteiger partial charge < -0.3 is 20.1 Å². The van der Waals surface area contributed by atoms with Crippen molar-refractivity contribution in [2.75, 3.05) is 21.3 Å². The normalized spacial score (nSPS) is 12.4. The van der Waals surface area contributed by atoms with Crippen molar-refractivity contribution in [3.05, 3.63) is 59.7 Å². The first-order valence-corrected chi connectivity index (χ1v) is 7.91. The summed E-state index contributed by atoms with van der Waals surface area (Å²) in [5.41, 5.74) is 2.21. The van der Waals surface area contributed by atoms with Crippen molar-refractivity contribution < 1.29 is 9.47 Å². The van der Waals surface area contributed by atoms with Crippen LogP contribution in [0.1, 0.15) is 24.1 Å². The second-order valence-electron chi connectivity index (χ2n) is 5.36. The van der Waals surface area contributed by atoms with Crippen molar-refractivity contribution in [1.82, 2.24) is 10.6 Å². The zero-order chi connectivity index (χ0) is 17.4. The molecular formula is C19H25N3O2. The minimum absolute atomic E-state index is 0.157. The molecule has 2 rings (SSSR count). The molecule has 2 aromatic rings. The molecule has 0 fully saturated rings. The SMILES string of the molecule is CN=C(NCc1cccc(OC)c1OC)NC(C)c1ccccc1. The molecule has 5 heteroatoms. The van der Waals surface area contributed by atoms with Crippen molar-refractivity contribution >= 4 is 5.96 Å². The molecule has 128 valence electrons. The highest BCUT2D eigenvalue weighted by atomic mass is 16.5. The molecule has 0 aliphatic carbocycles. The average molecular weight is 327 g/mol. The second kappa shape index (κ2) is 8.82. The van der Waals surface area contributed by atoms with Gasteiger partial charge in [0, 0.05) is 19.2 Å². The summed E-state index contributed by atoms with van der Waals surface area (Å²) in [6.45, 7) is 2.69. The zero-order valence-electron chi connectivity index (χ0n) is 14.7. The maximum Gasteiger partial charge on any atom is 0.191 e. The molecule has 0 radical (unpaired) electrons. The third-order valence-electron chi connectivity index (χ3n) is 3.81. The summed E-state index contributed by atoms with van der Waals surface area (Å²) in [5, 5.41) is 6.70. The molecule has 0 saturated heterocycles. The molecule has 2 N–H and O–H groups in total. The summed E-state index contributed by atoms with van der Waals surface area (Å²) in [6.07, 6.45) is 0. The number of aliphatic imine (C=N–C) groups is 1. The first-order chi connectivity index (χ1) is 11.7. The number of guanidine groups is 1. The van der Waals surface area contributed by atoms with Crippen LogP contribution in [0.2, 0.25) is 0 Å². The van der Waals surface area contributed by atoms with Gasteiger partial charge in [-0.25, -0.2) is 0 Å². The maximum absolute atomic E-state index is 5.46. The van der Waals surface area contributed by atoms with Crippen LogP contribution in [-0.2, 0) is 6.54 Å². The first kappa shape index (κ1) is 17.7. The van der Waals surface area contributed by atoms with Crippen molar-refractivity contribution in [2.45, 2.75) is 19.5 Å². The Hall–Kier alpha value is -2.69. The number of ether oxygens (including phenoxy) is 2. The highest BCUT2D eigenvalue weighted by Crippen LogP contribution is 2.30. The predicted molar refractivity (Wildman–Crippen MR) is 97.7 cm³/mol. The summed E-state index contributed by atoms with van der Waals surface area (Å²) in [5.74, 6) is 2.19. The predicted octanol–water partition coefficient (Wildman–Crippen LogP) is 3.13. The van der Waals surface area contributed by atoms with E-state index in [0.29, 0.717) is 6.54 Å². The lowest BCUT2D eigenvalue weighted by atomic mass is 10.1. The van der Waals surface area contributed by atoms with Crippen LogP contribution >= 0.6 is 0 Å². The Balaban J connectivity index is 2.02. The molecule has 0 aromatic heterocycles. The Kier molecular flexibility index (Phi) is 6.49. The van der Waals surface area contributed by atoms with Crippen LogP contribution < -0.4 is 20.1 Å². The number of nitrogens with zero attached hydrogens (tertiary/aromatic N) is 1. The molecule has 0 bridgehead atoms. The van der Waals surface area contributed by atoms with Gasteiger partial charge >= 0.3 is 0 Å². The van der Waals surface area contributed by atoms with Crippen molar-refractivity contribution in [2.24, 2.45) is 4.99 Å². The lowest BCUT2D eigenvalue weighted by molar-refractivity contribution is 0.351. The molecule has 0 spiro atoms. The summed E-state index contributed by atoms with van der Waals surface area (Å²) in [7, 11) is 5.04. The number of nitrogens with one attached hydrogen (secondary N) is 2. The van der Waals surface area contributed by atoms with E-state index < -0.39 is 0 Å². The Morgan fingerprint density at radius 1 is 1.04 bits per heavy atom. The van der Waals surface area contributed by atoms with Crippen LogP contribution in [0.5, 0.6) is 11.5 Å². The van der Waals surface area contributed by atoms with E-state index >= 15 is 0 Å². The minimum atomic E-state index is 0.157. The van der Waals surface area contributed by atoms with Crippen LogP contribution in [0, 0.1) is 0 Å². The Bertz CT molecular complexity index is 672. The molecule has 5 nitrogen and oxygen atoms in total. The fraction of sp³-hybridized carbons (Fsp3) is 0.316. The zero-order valence-corrected chi connectivity index (χ0v) is 14.7. The molecule has 0 heterocycles. The minimum Gasteiger partial charge on any atom is -0.493 e. The third-order valence-corrected chi connectivity index (χ3v) is 3.81. The van der Waals surface area contributed by atoms with E-state index in [4.69, 9.17) is 9.47 Å². The molecule has 24 heavy (non-hydrogen) atoms. The van der Waals surface area contributed by atoms with Crippen molar-refractivity contribution in [1.29, 1.82) is 0 Å². The van der Waals surface area contributed by atoms with Crippen LogP contribution in [0.15, 0.2) is 53.5 Å². The topological polar surface area (TPSA) is 54.9 Å². The van der Waals surface area contributed by atoms with Gasteiger partial charge in [-0.1, -0.05) is 42.5 Å². The molecular weight excluding hydrogens is 302 g/mol. The second-order valence-corrected chi connectivity index (χ2v) is 5.36. The van der Waals surface area contributed by atoms with Crippen LogP contribution in [-0.4, -0.2) is 27.2 Å². The quantitative estimate of drug-likeness (QED) is 0.632. The summed E-state index contributed by atoms with van der Waals surface area (Å²) < 4.78 is 10.8.